The van der Waals surface area contributed by atoms with Gasteiger partial charge in [0, 0.05) is 48.2 Å². The minimum Gasteiger partial charge on any atom is -0.379 e. The Kier molecular flexibility index (Phi) is 6.89. The van der Waals surface area contributed by atoms with Gasteiger partial charge in [0.05, 0.1) is 37.0 Å². The summed E-state index contributed by atoms with van der Waals surface area (Å²) in [5, 5.41) is 8.27. The summed E-state index contributed by atoms with van der Waals surface area (Å²) in [6.07, 6.45) is 5.07. The lowest BCUT2D eigenvalue weighted by Crippen LogP contribution is -2.38. The van der Waals surface area contributed by atoms with E-state index in [1.165, 1.54) is 6.08 Å². The first kappa shape index (κ1) is 24.5. The Morgan fingerprint density at radius 1 is 1.19 bits per heavy atom. The predicted octanol–water partition coefficient (Wildman–Crippen LogP) is 3.56. The SMILES string of the molecule is C=CC(=O)Nc1cccc(-c2ccc(C(N)=O)c3[nH]c(-c4cnn(CCN5CCOCC5)c4)cc23)c1C. The van der Waals surface area contributed by atoms with E-state index >= 15 is 0 Å². The van der Waals surface area contributed by atoms with Crippen molar-refractivity contribution in [2.45, 2.75) is 13.5 Å². The number of amides is 2. The first-order valence-corrected chi connectivity index (χ1v) is 12.3. The summed E-state index contributed by atoms with van der Waals surface area (Å²) in [4.78, 5) is 29.9. The number of benzene rings is 2. The number of H-pyrrole nitrogens is 1. The smallest absolute Gasteiger partial charge is 0.250 e. The maximum Gasteiger partial charge on any atom is 0.250 e. The van der Waals surface area contributed by atoms with Crippen LogP contribution in [0.4, 0.5) is 5.69 Å². The molecule has 9 nitrogen and oxygen atoms in total. The average Bonchev–Trinajstić information content (AvgIpc) is 3.56. The second-order valence-electron chi connectivity index (χ2n) is 9.11. The molecule has 190 valence electrons. The molecule has 2 aromatic carbocycles. The molecule has 0 aliphatic carbocycles. The van der Waals surface area contributed by atoms with Gasteiger partial charge in [-0.1, -0.05) is 24.8 Å². The Morgan fingerprint density at radius 3 is 2.76 bits per heavy atom. The molecule has 2 amide bonds. The number of hydrogen-bond acceptors (Lipinski definition) is 5. The van der Waals surface area contributed by atoms with Crippen LogP contribution in [-0.4, -0.2) is 64.3 Å². The quantitative estimate of drug-likeness (QED) is 0.321. The van der Waals surface area contributed by atoms with Gasteiger partial charge in [0.15, 0.2) is 0 Å². The number of fused-ring (bicyclic) bond motifs is 1. The Morgan fingerprint density at radius 2 is 2.00 bits per heavy atom. The molecule has 0 saturated carbocycles. The van der Waals surface area contributed by atoms with Gasteiger partial charge in [-0.05, 0) is 47.9 Å². The van der Waals surface area contributed by atoms with Crippen LogP contribution in [0.15, 0.2) is 61.4 Å². The van der Waals surface area contributed by atoms with Crippen molar-refractivity contribution in [3.63, 3.8) is 0 Å². The third-order valence-electron chi connectivity index (χ3n) is 6.82. The van der Waals surface area contributed by atoms with Crippen LogP contribution >= 0.6 is 0 Å². The van der Waals surface area contributed by atoms with Crippen molar-refractivity contribution in [1.82, 2.24) is 19.7 Å². The summed E-state index contributed by atoms with van der Waals surface area (Å²) in [6.45, 7) is 10.6. The molecule has 0 unspecified atom stereocenters. The summed E-state index contributed by atoms with van der Waals surface area (Å²) in [5.41, 5.74) is 12.0. The Bertz CT molecular complexity index is 1480. The number of aromatic amines is 1. The number of morpholine rings is 1. The number of ether oxygens (including phenoxy) is 1. The van der Waals surface area contributed by atoms with E-state index < -0.39 is 5.91 Å². The van der Waals surface area contributed by atoms with Crippen LogP contribution < -0.4 is 11.1 Å². The second kappa shape index (κ2) is 10.4. The maximum atomic E-state index is 12.2. The van der Waals surface area contributed by atoms with E-state index in [0.29, 0.717) is 16.8 Å². The fraction of sp³-hybridized carbons (Fsp3) is 0.250. The van der Waals surface area contributed by atoms with Gasteiger partial charge in [-0.3, -0.25) is 19.2 Å². The van der Waals surface area contributed by atoms with E-state index in [1.807, 2.05) is 54.3 Å². The highest BCUT2D eigenvalue weighted by molar-refractivity contribution is 6.11. The molecular weight excluding hydrogens is 468 g/mol. The number of primary amides is 1. The maximum absolute atomic E-state index is 12.2. The number of anilines is 1. The largest absolute Gasteiger partial charge is 0.379 e. The number of carbonyl (C=O) groups excluding carboxylic acids is 2. The van der Waals surface area contributed by atoms with Crippen LogP contribution in [0, 0.1) is 6.92 Å². The van der Waals surface area contributed by atoms with Crippen molar-refractivity contribution in [1.29, 1.82) is 0 Å². The second-order valence-corrected chi connectivity index (χ2v) is 9.11. The van der Waals surface area contributed by atoms with E-state index in [1.54, 1.807) is 6.07 Å². The van der Waals surface area contributed by atoms with E-state index in [0.717, 1.165) is 72.7 Å². The fourth-order valence-electron chi connectivity index (χ4n) is 4.76. The highest BCUT2D eigenvalue weighted by Crippen LogP contribution is 2.37. The highest BCUT2D eigenvalue weighted by atomic mass is 16.5. The van der Waals surface area contributed by atoms with Crippen LogP contribution in [0.25, 0.3) is 33.3 Å². The number of nitrogens with one attached hydrogen (secondary N) is 2. The minimum absolute atomic E-state index is 0.274. The molecule has 5 rings (SSSR count). The van der Waals surface area contributed by atoms with Crippen LogP contribution in [-0.2, 0) is 16.1 Å². The molecular formula is C28H30N6O3. The van der Waals surface area contributed by atoms with Gasteiger partial charge in [0.1, 0.15) is 0 Å². The van der Waals surface area contributed by atoms with Crippen LogP contribution in [0.2, 0.25) is 0 Å². The van der Waals surface area contributed by atoms with E-state index in [4.69, 9.17) is 10.5 Å². The summed E-state index contributed by atoms with van der Waals surface area (Å²) in [5.74, 6) is -0.779. The minimum atomic E-state index is -0.505. The average molecular weight is 499 g/mol. The highest BCUT2D eigenvalue weighted by Gasteiger charge is 2.18. The third-order valence-corrected chi connectivity index (χ3v) is 6.82. The third kappa shape index (κ3) is 5.04. The van der Waals surface area contributed by atoms with E-state index in [2.05, 4.69) is 26.9 Å². The number of aromatic nitrogens is 3. The topological polar surface area (TPSA) is 118 Å². The van der Waals surface area contributed by atoms with Gasteiger partial charge in [-0.25, -0.2) is 0 Å². The van der Waals surface area contributed by atoms with Gasteiger partial charge < -0.3 is 20.8 Å². The molecule has 1 saturated heterocycles. The van der Waals surface area contributed by atoms with Crippen molar-refractivity contribution in [2.75, 3.05) is 38.2 Å². The van der Waals surface area contributed by atoms with Gasteiger partial charge in [-0.15, -0.1) is 0 Å². The molecule has 0 radical (unpaired) electrons. The molecule has 1 fully saturated rings. The normalized spacial score (nSPS) is 14.1. The van der Waals surface area contributed by atoms with Crippen molar-refractivity contribution in [3.05, 3.63) is 72.6 Å². The molecule has 3 heterocycles. The zero-order valence-corrected chi connectivity index (χ0v) is 20.8. The predicted molar refractivity (Wildman–Crippen MR) is 144 cm³/mol. The van der Waals surface area contributed by atoms with Gasteiger partial charge in [0.25, 0.3) is 5.91 Å². The molecule has 0 atom stereocenters. The molecule has 4 aromatic rings. The molecule has 0 spiro atoms. The monoisotopic (exact) mass is 498 g/mol. The number of carbonyl (C=O) groups is 2. The van der Waals surface area contributed by atoms with Crippen molar-refractivity contribution in [2.24, 2.45) is 5.73 Å². The summed E-state index contributed by atoms with van der Waals surface area (Å²) >= 11 is 0. The Hall–Kier alpha value is -4.21. The van der Waals surface area contributed by atoms with E-state index in [9.17, 15) is 9.59 Å². The number of nitrogens with zero attached hydrogens (tertiary/aromatic N) is 3. The molecule has 2 aromatic heterocycles. The van der Waals surface area contributed by atoms with Crippen LogP contribution in [0.5, 0.6) is 0 Å². The van der Waals surface area contributed by atoms with Crippen LogP contribution in [0.1, 0.15) is 15.9 Å². The molecule has 37 heavy (non-hydrogen) atoms. The van der Waals surface area contributed by atoms with Gasteiger partial charge in [0.2, 0.25) is 5.91 Å². The standard InChI is InChI=1S/C28H30N6O3/c1-3-26(35)31-24-6-4-5-20(18(24)2)21-7-8-22(28(29)36)27-23(21)15-25(32-27)19-16-30-34(17-19)10-9-33-11-13-37-14-12-33/h3-8,15-17,32H,1,9-14H2,2H3,(H2,29,36)(H,31,35). The number of rotatable bonds is 8. The zero-order chi connectivity index (χ0) is 25.9. The molecule has 9 heteroatoms. The molecule has 1 aliphatic heterocycles. The lowest BCUT2D eigenvalue weighted by atomic mass is 9.94. The number of hydrogen-bond donors (Lipinski definition) is 3. The van der Waals surface area contributed by atoms with Crippen molar-refractivity contribution < 1.29 is 14.3 Å². The van der Waals surface area contributed by atoms with Gasteiger partial charge in [-0.2, -0.15) is 5.10 Å². The Labute approximate surface area is 214 Å². The lowest BCUT2D eigenvalue weighted by molar-refractivity contribution is -0.111. The van der Waals surface area contributed by atoms with Crippen molar-refractivity contribution in [3.8, 4) is 22.4 Å². The summed E-state index contributed by atoms with van der Waals surface area (Å²) in [6, 6.07) is 11.4. The number of nitrogens with two attached hydrogens (primary N) is 1. The summed E-state index contributed by atoms with van der Waals surface area (Å²) in [7, 11) is 0. The summed E-state index contributed by atoms with van der Waals surface area (Å²) < 4.78 is 7.36. The lowest BCUT2D eigenvalue weighted by Gasteiger charge is -2.26. The van der Waals surface area contributed by atoms with E-state index in [-0.39, 0.29) is 5.91 Å². The van der Waals surface area contributed by atoms with Crippen molar-refractivity contribution >= 4 is 28.4 Å². The van der Waals surface area contributed by atoms with Gasteiger partial charge >= 0.3 is 0 Å². The first-order valence-electron chi connectivity index (χ1n) is 12.3. The zero-order valence-electron chi connectivity index (χ0n) is 20.8. The Balaban J connectivity index is 1.51. The first-order chi connectivity index (χ1) is 17.9. The molecule has 0 bridgehead atoms. The molecule has 4 N–H and O–H groups in total. The molecule has 1 aliphatic rings. The fourth-order valence-corrected chi connectivity index (χ4v) is 4.76. The van der Waals surface area contributed by atoms with Crippen LogP contribution in [0.3, 0.4) is 0 Å².